The summed E-state index contributed by atoms with van der Waals surface area (Å²) in [7, 11) is -3.47. The van der Waals surface area contributed by atoms with E-state index in [2.05, 4.69) is 53.4 Å². The maximum absolute atomic E-state index is 13.5. The first-order valence-electron chi connectivity index (χ1n) is 12.0. The van der Waals surface area contributed by atoms with Gasteiger partial charge in [0, 0.05) is 12.6 Å². The van der Waals surface area contributed by atoms with Crippen molar-refractivity contribution < 1.29 is 8.42 Å². The summed E-state index contributed by atoms with van der Waals surface area (Å²) < 4.78 is 29.1. The highest BCUT2D eigenvalue weighted by Gasteiger charge is 2.36. The van der Waals surface area contributed by atoms with Crippen LogP contribution in [-0.2, 0) is 29.4 Å². The van der Waals surface area contributed by atoms with Gasteiger partial charge in [0.15, 0.2) is 0 Å². The van der Waals surface area contributed by atoms with Crippen LogP contribution in [0, 0.1) is 5.92 Å². The molecule has 0 saturated carbocycles. The van der Waals surface area contributed by atoms with Crippen molar-refractivity contribution in [3.63, 3.8) is 0 Å². The molecule has 3 heterocycles. The van der Waals surface area contributed by atoms with Gasteiger partial charge in [0.1, 0.15) is 4.21 Å². The van der Waals surface area contributed by atoms with Crippen LogP contribution in [0.1, 0.15) is 36.0 Å². The summed E-state index contributed by atoms with van der Waals surface area (Å²) in [6.45, 7) is 3.65. The average Bonchev–Trinajstić information content (AvgIpc) is 3.40. The van der Waals surface area contributed by atoms with Crippen LogP contribution in [0.5, 0.6) is 0 Å². The lowest BCUT2D eigenvalue weighted by atomic mass is 9.89. The Morgan fingerprint density at radius 1 is 0.879 bits per heavy atom. The van der Waals surface area contributed by atoms with E-state index in [4.69, 9.17) is 0 Å². The van der Waals surface area contributed by atoms with Crippen molar-refractivity contribution in [1.82, 2.24) is 9.21 Å². The Balaban J connectivity index is 1.23. The molecule has 0 N–H and O–H groups in total. The zero-order chi connectivity index (χ0) is 22.7. The molecular weight excluding hydrogens is 448 g/mol. The van der Waals surface area contributed by atoms with Gasteiger partial charge in [-0.05, 0) is 85.8 Å². The Morgan fingerprint density at radius 2 is 1.61 bits per heavy atom. The first-order valence-corrected chi connectivity index (χ1v) is 14.3. The van der Waals surface area contributed by atoms with Gasteiger partial charge < -0.3 is 4.90 Å². The number of thiophene rings is 1. The summed E-state index contributed by atoms with van der Waals surface area (Å²) in [6.07, 6.45) is 5.29. The maximum atomic E-state index is 13.5. The predicted octanol–water partition coefficient (Wildman–Crippen LogP) is 5.21. The van der Waals surface area contributed by atoms with Gasteiger partial charge in [-0.25, -0.2) is 8.42 Å². The van der Waals surface area contributed by atoms with Crippen LogP contribution in [-0.4, -0.2) is 43.3 Å². The van der Waals surface area contributed by atoms with E-state index in [1.807, 2.05) is 17.5 Å². The van der Waals surface area contributed by atoms with E-state index in [0.29, 0.717) is 10.8 Å². The zero-order valence-corrected chi connectivity index (χ0v) is 20.6. The molecule has 33 heavy (non-hydrogen) atoms. The van der Waals surface area contributed by atoms with E-state index in [1.165, 1.54) is 41.7 Å². The molecule has 1 fully saturated rings. The number of sulfonamides is 1. The first kappa shape index (κ1) is 22.8. The topological polar surface area (TPSA) is 40.6 Å². The van der Waals surface area contributed by atoms with Crippen LogP contribution < -0.4 is 0 Å². The second kappa shape index (κ2) is 10.1. The second-order valence-electron chi connectivity index (χ2n) is 9.37. The molecule has 0 amide bonds. The number of hydrogen-bond acceptors (Lipinski definition) is 4. The number of nitrogens with zero attached hydrogens (tertiary/aromatic N) is 2. The lowest BCUT2D eigenvalue weighted by Crippen LogP contribution is -2.46. The quantitative estimate of drug-likeness (QED) is 0.466. The third-order valence-electron chi connectivity index (χ3n) is 7.22. The van der Waals surface area contributed by atoms with Gasteiger partial charge in [-0.3, -0.25) is 0 Å². The van der Waals surface area contributed by atoms with Gasteiger partial charge in [0.25, 0.3) is 10.0 Å². The Labute approximate surface area is 201 Å². The summed E-state index contributed by atoms with van der Waals surface area (Å²) in [4.78, 5) is 2.54. The fourth-order valence-corrected chi connectivity index (χ4v) is 8.06. The molecule has 1 atom stereocenters. The number of rotatable bonds is 7. The van der Waals surface area contributed by atoms with Crippen molar-refractivity contribution in [3.05, 3.63) is 88.8 Å². The van der Waals surface area contributed by atoms with Gasteiger partial charge in [-0.1, -0.05) is 60.7 Å². The van der Waals surface area contributed by atoms with Crippen LogP contribution >= 0.6 is 11.3 Å². The van der Waals surface area contributed by atoms with Crippen LogP contribution in [0.25, 0.3) is 0 Å². The Hall–Kier alpha value is -1.99. The molecule has 0 aliphatic carbocycles. The molecule has 2 aliphatic rings. The van der Waals surface area contributed by atoms with E-state index in [9.17, 15) is 8.42 Å². The van der Waals surface area contributed by atoms with E-state index >= 15 is 0 Å². The van der Waals surface area contributed by atoms with Crippen molar-refractivity contribution in [2.45, 2.75) is 48.9 Å². The highest BCUT2D eigenvalue weighted by Crippen LogP contribution is 2.32. The standard InChI is InChI=1S/C27H32N2O2S2/c30-33(31,27-11-6-18-32-27)29-21-25-10-5-4-9-24(25)20-26(29)14-17-28-15-12-23(13-16-28)19-22-7-2-1-3-8-22/h1-11,18,23,26H,12-17,19-21H2. The molecule has 2 aliphatic heterocycles. The molecular formula is C27H32N2O2S2. The second-order valence-corrected chi connectivity index (χ2v) is 12.4. The summed E-state index contributed by atoms with van der Waals surface area (Å²) in [5.74, 6) is 0.751. The minimum Gasteiger partial charge on any atom is -0.303 e. The predicted molar refractivity (Wildman–Crippen MR) is 135 cm³/mol. The average molecular weight is 481 g/mol. The maximum Gasteiger partial charge on any atom is 0.253 e. The largest absolute Gasteiger partial charge is 0.303 e. The van der Waals surface area contributed by atoms with Crippen LogP contribution in [0.4, 0.5) is 0 Å². The van der Waals surface area contributed by atoms with Crippen molar-refractivity contribution in [3.8, 4) is 0 Å². The van der Waals surface area contributed by atoms with Crippen LogP contribution in [0.2, 0.25) is 0 Å². The van der Waals surface area contributed by atoms with Crippen LogP contribution in [0.15, 0.2) is 76.3 Å². The molecule has 4 nitrogen and oxygen atoms in total. The minimum absolute atomic E-state index is 0.00837. The molecule has 5 rings (SSSR count). The lowest BCUT2D eigenvalue weighted by Gasteiger charge is -2.38. The van der Waals surface area contributed by atoms with Gasteiger partial charge in [-0.15, -0.1) is 11.3 Å². The molecule has 174 valence electrons. The lowest BCUT2D eigenvalue weighted by molar-refractivity contribution is 0.163. The molecule has 0 bridgehead atoms. The molecule has 6 heteroatoms. The van der Waals surface area contributed by atoms with Gasteiger partial charge in [0.2, 0.25) is 0 Å². The smallest absolute Gasteiger partial charge is 0.253 e. The van der Waals surface area contributed by atoms with Gasteiger partial charge >= 0.3 is 0 Å². The van der Waals surface area contributed by atoms with Crippen molar-refractivity contribution in [2.75, 3.05) is 19.6 Å². The summed E-state index contributed by atoms with van der Waals surface area (Å²) >= 11 is 1.31. The minimum atomic E-state index is -3.47. The zero-order valence-electron chi connectivity index (χ0n) is 19.0. The Morgan fingerprint density at radius 3 is 2.33 bits per heavy atom. The fraction of sp³-hybridized carbons (Fsp3) is 0.407. The normalized spacial score (nSPS) is 20.5. The fourth-order valence-electron chi connectivity index (χ4n) is 5.31. The van der Waals surface area contributed by atoms with E-state index in [-0.39, 0.29) is 6.04 Å². The van der Waals surface area contributed by atoms with Gasteiger partial charge in [0.05, 0.1) is 0 Å². The third-order valence-corrected chi connectivity index (χ3v) is 10.5. The third kappa shape index (κ3) is 5.24. The summed E-state index contributed by atoms with van der Waals surface area (Å²) in [5, 5.41) is 1.85. The molecule has 0 spiro atoms. The summed E-state index contributed by atoms with van der Waals surface area (Å²) in [5.41, 5.74) is 3.86. The number of fused-ring (bicyclic) bond motifs is 1. The van der Waals surface area contributed by atoms with E-state index in [1.54, 1.807) is 10.4 Å². The van der Waals surface area contributed by atoms with Crippen LogP contribution in [0.3, 0.4) is 0 Å². The monoisotopic (exact) mass is 480 g/mol. The van der Waals surface area contributed by atoms with Crippen molar-refractivity contribution in [2.24, 2.45) is 5.92 Å². The van der Waals surface area contributed by atoms with E-state index in [0.717, 1.165) is 44.0 Å². The molecule has 1 aromatic heterocycles. The Bertz CT molecular complexity index is 1140. The molecule has 2 aromatic carbocycles. The molecule has 0 radical (unpaired) electrons. The highest BCUT2D eigenvalue weighted by atomic mass is 32.2. The van der Waals surface area contributed by atoms with Crippen molar-refractivity contribution >= 4 is 21.4 Å². The van der Waals surface area contributed by atoms with Crippen molar-refractivity contribution in [1.29, 1.82) is 0 Å². The highest BCUT2D eigenvalue weighted by molar-refractivity contribution is 7.91. The SMILES string of the molecule is O=S(=O)(c1cccs1)N1Cc2ccccc2CC1CCN1CCC(Cc2ccccc2)CC1. The summed E-state index contributed by atoms with van der Waals surface area (Å²) in [6, 6.07) is 22.7. The molecule has 3 aromatic rings. The number of benzene rings is 2. The first-order chi connectivity index (χ1) is 16.1. The molecule has 1 saturated heterocycles. The number of hydrogen-bond donors (Lipinski definition) is 0. The molecule has 1 unspecified atom stereocenters. The van der Waals surface area contributed by atoms with Gasteiger partial charge in [-0.2, -0.15) is 4.31 Å². The number of likely N-dealkylation sites (tertiary alicyclic amines) is 1. The number of piperidine rings is 1. The van der Waals surface area contributed by atoms with E-state index < -0.39 is 10.0 Å². The Kier molecular flexibility index (Phi) is 6.97.